The van der Waals surface area contributed by atoms with E-state index in [1.54, 1.807) is 24.2 Å². The summed E-state index contributed by atoms with van der Waals surface area (Å²) in [6.07, 6.45) is 0. The van der Waals surface area contributed by atoms with Crippen molar-refractivity contribution in [3.8, 4) is 5.75 Å². The lowest BCUT2D eigenvalue weighted by Gasteiger charge is -2.21. The molecule has 0 aromatic heterocycles. The van der Waals surface area contributed by atoms with Crippen molar-refractivity contribution in [2.45, 2.75) is 37.2 Å². The van der Waals surface area contributed by atoms with E-state index in [1.807, 2.05) is 39.0 Å². The van der Waals surface area contributed by atoms with E-state index in [2.05, 4.69) is 10.2 Å². The Hall–Kier alpha value is -2.12. The molecule has 0 aliphatic rings. The number of carbonyl (C=O) groups excluding carboxylic acids is 1. The van der Waals surface area contributed by atoms with E-state index in [4.69, 9.17) is 0 Å². The van der Waals surface area contributed by atoms with Crippen LogP contribution >= 0.6 is 11.8 Å². The number of nitrogens with zero attached hydrogens (tertiary/aromatic N) is 1. The average Bonchev–Trinajstić information content (AvgIpc) is 2.58. The second kappa shape index (κ2) is 9.00. The van der Waals surface area contributed by atoms with Crippen LogP contribution in [0.2, 0.25) is 0 Å². The predicted octanol–water partition coefficient (Wildman–Crippen LogP) is 4.65. The van der Waals surface area contributed by atoms with E-state index in [1.165, 1.54) is 17.8 Å². The summed E-state index contributed by atoms with van der Waals surface area (Å²) in [4.78, 5) is 14.3. The van der Waals surface area contributed by atoms with Gasteiger partial charge < -0.3 is 4.74 Å². The molecule has 2 aromatic carbocycles. The number of carbonyl (C=O) groups is 1. The molecule has 4 nitrogen and oxygen atoms in total. The minimum Gasteiger partial charge on any atom is -0.435 e. The first-order valence-corrected chi connectivity index (χ1v) is 9.00. The molecule has 0 saturated heterocycles. The molecule has 2 aromatic rings. The molecule has 0 aliphatic carbocycles. The Morgan fingerprint density at radius 2 is 1.96 bits per heavy atom. The summed E-state index contributed by atoms with van der Waals surface area (Å²) in [5.74, 6) is 0.0401. The van der Waals surface area contributed by atoms with Gasteiger partial charge in [-0.2, -0.15) is 8.78 Å². The normalized spacial score (nSPS) is 10.9. The van der Waals surface area contributed by atoms with E-state index < -0.39 is 6.61 Å². The number of rotatable bonds is 7. The van der Waals surface area contributed by atoms with Gasteiger partial charge in [0, 0.05) is 28.9 Å². The lowest BCUT2D eigenvalue weighted by atomic mass is 10.0. The van der Waals surface area contributed by atoms with Crippen molar-refractivity contribution in [2.24, 2.45) is 0 Å². The van der Waals surface area contributed by atoms with Crippen molar-refractivity contribution in [1.82, 2.24) is 10.4 Å². The van der Waals surface area contributed by atoms with Crippen LogP contribution in [0.5, 0.6) is 5.75 Å². The maximum Gasteiger partial charge on any atom is 0.387 e. The highest BCUT2D eigenvalue weighted by molar-refractivity contribution is 7.99. The van der Waals surface area contributed by atoms with E-state index in [9.17, 15) is 13.6 Å². The highest BCUT2D eigenvalue weighted by atomic mass is 32.2. The van der Waals surface area contributed by atoms with Gasteiger partial charge in [-0.3, -0.25) is 9.80 Å². The summed E-state index contributed by atoms with van der Waals surface area (Å²) in [5, 5.41) is 1.54. The van der Waals surface area contributed by atoms with Gasteiger partial charge in [0.1, 0.15) is 5.75 Å². The van der Waals surface area contributed by atoms with Crippen molar-refractivity contribution >= 4 is 17.7 Å². The summed E-state index contributed by atoms with van der Waals surface area (Å²) in [5.41, 5.74) is 5.31. The molecule has 0 aliphatic heterocycles. The van der Waals surface area contributed by atoms with Gasteiger partial charge >= 0.3 is 6.61 Å². The summed E-state index contributed by atoms with van der Waals surface area (Å²) in [6.45, 7) is 3.42. The number of alkyl halides is 2. The SMILES string of the molecule is CCN(NC)C(=O)c1cc(C)c(Sc2cccc(OC(F)F)c2)cc1C. The zero-order chi connectivity index (χ0) is 19.3. The molecule has 0 unspecified atom stereocenters. The maximum atomic E-state index is 12.6. The topological polar surface area (TPSA) is 41.6 Å². The smallest absolute Gasteiger partial charge is 0.387 e. The van der Waals surface area contributed by atoms with Gasteiger partial charge in [-0.15, -0.1) is 0 Å². The number of hydrogen-bond acceptors (Lipinski definition) is 4. The van der Waals surface area contributed by atoms with Crippen molar-refractivity contribution in [1.29, 1.82) is 0 Å². The number of nitrogens with one attached hydrogen (secondary N) is 1. The summed E-state index contributed by atoms with van der Waals surface area (Å²) < 4.78 is 29.2. The Morgan fingerprint density at radius 1 is 1.23 bits per heavy atom. The summed E-state index contributed by atoms with van der Waals surface area (Å²) in [7, 11) is 1.71. The van der Waals surface area contributed by atoms with Crippen molar-refractivity contribution in [3.63, 3.8) is 0 Å². The molecule has 0 spiro atoms. The van der Waals surface area contributed by atoms with Crippen LogP contribution in [0, 0.1) is 13.8 Å². The lowest BCUT2D eigenvalue weighted by molar-refractivity contribution is -0.0499. The van der Waals surface area contributed by atoms with Crippen LogP contribution in [0.25, 0.3) is 0 Å². The van der Waals surface area contributed by atoms with Crippen LogP contribution in [0.15, 0.2) is 46.2 Å². The maximum absolute atomic E-state index is 12.6. The third-order valence-corrected chi connectivity index (χ3v) is 4.99. The molecule has 0 saturated carbocycles. The molecule has 2 rings (SSSR count). The number of hydrazine groups is 1. The lowest BCUT2D eigenvalue weighted by Crippen LogP contribution is -2.40. The number of ether oxygens (including phenoxy) is 1. The summed E-state index contributed by atoms with van der Waals surface area (Å²) in [6, 6.07) is 10.4. The van der Waals surface area contributed by atoms with Crippen molar-refractivity contribution < 1.29 is 18.3 Å². The van der Waals surface area contributed by atoms with Gasteiger partial charge in [-0.1, -0.05) is 17.8 Å². The molecule has 140 valence electrons. The molecule has 0 bridgehead atoms. The van der Waals surface area contributed by atoms with Gasteiger partial charge in [0.25, 0.3) is 5.91 Å². The number of aryl methyl sites for hydroxylation is 2. The first-order valence-electron chi connectivity index (χ1n) is 8.19. The van der Waals surface area contributed by atoms with Crippen LogP contribution in [0.1, 0.15) is 28.4 Å². The monoisotopic (exact) mass is 380 g/mol. The Morgan fingerprint density at radius 3 is 2.58 bits per heavy atom. The fraction of sp³-hybridized carbons (Fsp3) is 0.316. The molecule has 0 radical (unpaired) electrons. The molecule has 1 amide bonds. The largest absolute Gasteiger partial charge is 0.435 e. The minimum atomic E-state index is -2.85. The fourth-order valence-electron chi connectivity index (χ4n) is 2.52. The van der Waals surface area contributed by atoms with E-state index in [0.717, 1.165) is 20.9 Å². The zero-order valence-electron chi connectivity index (χ0n) is 15.2. The zero-order valence-corrected chi connectivity index (χ0v) is 16.0. The predicted molar refractivity (Wildman–Crippen MR) is 98.9 cm³/mol. The molecule has 0 heterocycles. The average molecular weight is 380 g/mol. The molecule has 1 N–H and O–H groups in total. The van der Waals surface area contributed by atoms with E-state index in [-0.39, 0.29) is 11.7 Å². The molecule has 7 heteroatoms. The van der Waals surface area contributed by atoms with Crippen molar-refractivity contribution in [3.05, 3.63) is 53.1 Å². The second-order valence-electron chi connectivity index (χ2n) is 5.66. The Balaban J connectivity index is 2.27. The van der Waals surface area contributed by atoms with Crippen LogP contribution in [0.3, 0.4) is 0 Å². The fourth-order valence-corrected chi connectivity index (χ4v) is 3.55. The number of hydrogen-bond donors (Lipinski definition) is 1. The number of halogens is 2. The van der Waals surface area contributed by atoms with Crippen LogP contribution in [-0.2, 0) is 0 Å². The first-order chi connectivity index (χ1) is 12.3. The van der Waals surface area contributed by atoms with E-state index in [0.29, 0.717) is 12.1 Å². The quantitative estimate of drug-likeness (QED) is 0.710. The molecule has 0 atom stereocenters. The van der Waals surface area contributed by atoms with Gasteiger partial charge in [0.15, 0.2) is 0 Å². The Bertz CT molecular complexity index is 780. The highest BCUT2D eigenvalue weighted by Gasteiger charge is 2.17. The Labute approximate surface area is 156 Å². The van der Waals surface area contributed by atoms with E-state index >= 15 is 0 Å². The van der Waals surface area contributed by atoms with Crippen molar-refractivity contribution in [2.75, 3.05) is 13.6 Å². The highest BCUT2D eigenvalue weighted by Crippen LogP contribution is 2.34. The third-order valence-electron chi connectivity index (χ3n) is 3.84. The van der Waals surface area contributed by atoms with Gasteiger partial charge in [0.05, 0.1) is 0 Å². The van der Waals surface area contributed by atoms with Gasteiger partial charge in [0.2, 0.25) is 0 Å². The molecule has 26 heavy (non-hydrogen) atoms. The van der Waals surface area contributed by atoms with Gasteiger partial charge in [-0.25, -0.2) is 5.43 Å². The Kier molecular flexibility index (Phi) is 6.99. The molecule has 0 fully saturated rings. The molecular weight excluding hydrogens is 358 g/mol. The standard InChI is InChI=1S/C19H22F2N2O2S/c1-5-23(22-4)18(24)16-9-13(3)17(10-12(16)2)26-15-8-6-7-14(11-15)25-19(20)21/h6-11,19,22H,5H2,1-4H3. The van der Waals surface area contributed by atoms with Crippen LogP contribution in [0.4, 0.5) is 8.78 Å². The number of benzene rings is 2. The van der Waals surface area contributed by atoms with Crippen LogP contribution < -0.4 is 10.2 Å². The molecular formula is C19H22F2N2O2S. The minimum absolute atomic E-state index is 0.0838. The van der Waals surface area contributed by atoms with Gasteiger partial charge in [-0.05, 0) is 62.2 Å². The number of amides is 1. The van der Waals surface area contributed by atoms with Crippen LogP contribution in [-0.4, -0.2) is 31.1 Å². The summed E-state index contributed by atoms with van der Waals surface area (Å²) >= 11 is 1.44. The first kappa shape index (κ1) is 20.2. The second-order valence-corrected chi connectivity index (χ2v) is 6.78. The third kappa shape index (κ3) is 4.95.